The van der Waals surface area contributed by atoms with Crippen molar-refractivity contribution in [3.63, 3.8) is 0 Å². The molecule has 1 fully saturated rings. The van der Waals surface area contributed by atoms with E-state index in [2.05, 4.69) is 20.9 Å². The van der Waals surface area contributed by atoms with Gasteiger partial charge in [-0.2, -0.15) is 5.10 Å². The second-order valence-electron chi connectivity index (χ2n) is 9.47. The second-order valence-corrected chi connectivity index (χ2v) is 10.7. The Bertz CT molecular complexity index is 1440. The van der Waals surface area contributed by atoms with Gasteiger partial charge in [0.25, 0.3) is 5.91 Å². The van der Waals surface area contributed by atoms with E-state index in [1.807, 2.05) is 65.0 Å². The molecule has 0 atom stereocenters. The second kappa shape index (κ2) is 11.7. The van der Waals surface area contributed by atoms with E-state index in [0.29, 0.717) is 41.1 Å². The van der Waals surface area contributed by atoms with E-state index in [9.17, 15) is 4.79 Å². The summed E-state index contributed by atoms with van der Waals surface area (Å²) in [4.78, 5) is 24.7. The Balaban J connectivity index is 1.48. The third-order valence-corrected chi connectivity index (χ3v) is 8.17. The van der Waals surface area contributed by atoms with Crippen LogP contribution in [-0.4, -0.2) is 50.3 Å². The standard InChI is InChI=1S/C29H29BrClN5O2/c1-19-7-8-22(17-24(19)30)29(37)35(23-5-3-4-6-23)15-16-36-28(21-9-10-26(38-2)25(31)18-21)33-27(34-36)20-11-13-32-14-12-20/h7-14,17-18,23H,3-6,15-16H2,1-2H3. The van der Waals surface area contributed by atoms with Crippen LogP contribution >= 0.6 is 27.5 Å². The van der Waals surface area contributed by atoms with Crippen molar-refractivity contribution in [2.45, 2.75) is 45.2 Å². The van der Waals surface area contributed by atoms with E-state index in [1.54, 1.807) is 19.5 Å². The predicted octanol–water partition coefficient (Wildman–Crippen LogP) is 6.83. The van der Waals surface area contributed by atoms with E-state index >= 15 is 0 Å². The molecule has 1 aliphatic carbocycles. The van der Waals surface area contributed by atoms with Gasteiger partial charge >= 0.3 is 0 Å². The van der Waals surface area contributed by atoms with Crippen LogP contribution in [0.25, 0.3) is 22.8 Å². The highest BCUT2D eigenvalue weighted by Gasteiger charge is 2.28. The molecule has 2 aromatic heterocycles. The first-order valence-corrected chi connectivity index (χ1v) is 13.9. The molecule has 2 aromatic carbocycles. The number of hydrogen-bond acceptors (Lipinski definition) is 5. The molecule has 0 N–H and O–H groups in total. The van der Waals surface area contributed by atoms with E-state index in [1.165, 1.54) is 0 Å². The Hall–Kier alpha value is -3.23. The van der Waals surface area contributed by atoms with Gasteiger partial charge in [0.2, 0.25) is 0 Å². The molecule has 38 heavy (non-hydrogen) atoms. The van der Waals surface area contributed by atoms with Crippen molar-refractivity contribution in [3.05, 3.63) is 81.5 Å². The largest absolute Gasteiger partial charge is 0.495 e. The molecule has 0 aliphatic heterocycles. The van der Waals surface area contributed by atoms with Crippen molar-refractivity contribution in [1.82, 2.24) is 24.6 Å². The number of ether oxygens (including phenoxy) is 1. The molecule has 1 aliphatic rings. The number of methoxy groups -OCH3 is 1. The number of benzene rings is 2. The van der Waals surface area contributed by atoms with Gasteiger partial charge in [-0.15, -0.1) is 0 Å². The Morgan fingerprint density at radius 3 is 2.55 bits per heavy atom. The van der Waals surface area contributed by atoms with Crippen LogP contribution in [0, 0.1) is 6.92 Å². The summed E-state index contributed by atoms with van der Waals surface area (Å²) in [5.41, 5.74) is 3.48. The van der Waals surface area contributed by atoms with Gasteiger partial charge in [0, 0.05) is 46.1 Å². The van der Waals surface area contributed by atoms with Crippen LogP contribution in [0.2, 0.25) is 5.02 Å². The Morgan fingerprint density at radius 1 is 1.11 bits per heavy atom. The van der Waals surface area contributed by atoms with Gasteiger partial charge < -0.3 is 9.64 Å². The zero-order valence-corrected chi connectivity index (χ0v) is 23.7. The molecule has 0 bridgehead atoms. The third-order valence-electron chi connectivity index (χ3n) is 7.02. The average Bonchev–Trinajstić information content (AvgIpc) is 3.62. The van der Waals surface area contributed by atoms with Crippen LogP contribution in [-0.2, 0) is 6.54 Å². The molecular weight excluding hydrogens is 566 g/mol. The van der Waals surface area contributed by atoms with Crippen molar-refractivity contribution in [3.8, 4) is 28.5 Å². The molecule has 5 rings (SSSR count). The number of hydrogen-bond donors (Lipinski definition) is 0. The van der Waals surface area contributed by atoms with E-state index < -0.39 is 0 Å². The molecule has 0 radical (unpaired) electrons. The molecule has 1 amide bonds. The van der Waals surface area contributed by atoms with Gasteiger partial charge in [-0.05, 0) is 67.8 Å². The van der Waals surface area contributed by atoms with Gasteiger partial charge in [0.1, 0.15) is 5.75 Å². The lowest BCUT2D eigenvalue weighted by molar-refractivity contribution is 0.0672. The summed E-state index contributed by atoms with van der Waals surface area (Å²) >= 11 is 10.0. The number of halogens is 2. The monoisotopic (exact) mass is 593 g/mol. The average molecular weight is 595 g/mol. The third kappa shape index (κ3) is 5.61. The Labute approximate surface area is 235 Å². The fraction of sp³-hybridized carbons (Fsp3) is 0.310. The normalized spacial score (nSPS) is 13.6. The lowest BCUT2D eigenvalue weighted by Crippen LogP contribution is -2.41. The minimum absolute atomic E-state index is 0.0427. The lowest BCUT2D eigenvalue weighted by Gasteiger charge is -2.29. The van der Waals surface area contributed by atoms with Crippen molar-refractivity contribution in [1.29, 1.82) is 0 Å². The number of carbonyl (C=O) groups is 1. The van der Waals surface area contributed by atoms with E-state index in [4.69, 9.17) is 26.4 Å². The SMILES string of the molecule is COc1ccc(-c2nc(-c3ccncc3)nn2CCN(C(=O)c2ccc(C)c(Br)c2)C2CCCC2)cc1Cl. The van der Waals surface area contributed by atoms with Gasteiger partial charge in [-0.1, -0.05) is 46.4 Å². The van der Waals surface area contributed by atoms with Gasteiger partial charge in [0.05, 0.1) is 18.7 Å². The van der Waals surface area contributed by atoms with Crippen LogP contribution in [0.1, 0.15) is 41.6 Å². The first-order valence-electron chi connectivity index (χ1n) is 12.7. The highest BCUT2D eigenvalue weighted by molar-refractivity contribution is 9.10. The maximum absolute atomic E-state index is 13.7. The van der Waals surface area contributed by atoms with Gasteiger partial charge in [0.15, 0.2) is 11.6 Å². The molecule has 0 saturated heterocycles. The smallest absolute Gasteiger partial charge is 0.254 e. The number of pyridine rings is 1. The number of aromatic nitrogens is 4. The summed E-state index contributed by atoms with van der Waals surface area (Å²) in [5, 5.41) is 5.34. The maximum atomic E-state index is 13.7. The molecule has 9 heteroatoms. The molecule has 7 nitrogen and oxygen atoms in total. The topological polar surface area (TPSA) is 73.1 Å². The fourth-order valence-corrected chi connectivity index (χ4v) is 5.54. The molecular formula is C29H29BrClN5O2. The number of aryl methyl sites for hydroxylation is 1. The minimum Gasteiger partial charge on any atom is -0.495 e. The van der Waals surface area contributed by atoms with Crippen molar-refractivity contribution in [2.24, 2.45) is 0 Å². The van der Waals surface area contributed by atoms with Crippen LogP contribution in [0.4, 0.5) is 0 Å². The number of carbonyl (C=O) groups excluding carboxylic acids is 1. The summed E-state index contributed by atoms with van der Waals surface area (Å²) in [5.74, 6) is 1.91. The Morgan fingerprint density at radius 2 is 1.87 bits per heavy atom. The fourth-order valence-electron chi connectivity index (χ4n) is 4.90. The number of amides is 1. The quantitative estimate of drug-likeness (QED) is 0.224. The molecule has 2 heterocycles. The first-order chi connectivity index (χ1) is 18.4. The van der Waals surface area contributed by atoms with Gasteiger partial charge in [-0.3, -0.25) is 9.78 Å². The number of nitrogens with zero attached hydrogens (tertiary/aromatic N) is 5. The molecule has 1 saturated carbocycles. The predicted molar refractivity (Wildman–Crippen MR) is 152 cm³/mol. The summed E-state index contributed by atoms with van der Waals surface area (Å²) < 4.78 is 8.14. The van der Waals surface area contributed by atoms with Crippen molar-refractivity contribution in [2.75, 3.05) is 13.7 Å². The molecule has 196 valence electrons. The van der Waals surface area contributed by atoms with Crippen molar-refractivity contribution >= 4 is 33.4 Å². The lowest BCUT2D eigenvalue weighted by atomic mass is 10.1. The van der Waals surface area contributed by atoms with E-state index in [-0.39, 0.29) is 11.9 Å². The van der Waals surface area contributed by atoms with E-state index in [0.717, 1.165) is 46.8 Å². The van der Waals surface area contributed by atoms with Crippen LogP contribution < -0.4 is 4.74 Å². The van der Waals surface area contributed by atoms with Crippen LogP contribution in [0.3, 0.4) is 0 Å². The molecule has 0 unspecified atom stereocenters. The summed E-state index contributed by atoms with van der Waals surface area (Å²) in [7, 11) is 1.59. The van der Waals surface area contributed by atoms with Crippen molar-refractivity contribution < 1.29 is 9.53 Å². The van der Waals surface area contributed by atoms with Gasteiger partial charge in [-0.25, -0.2) is 9.67 Å². The zero-order chi connectivity index (χ0) is 26.6. The summed E-state index contributed by atoms with van der Waals surface area (Å²) in [6.07, 6.45) is 7.74. The van der Waals surface area contributed by atoms with Crippen LogP contribution in [0.15, 0.2) is 65.4 Å². The maximum Gasteiger partial charge on any atom is 0.254 e. The number of rotatable bonds is 8. The minimum atomic E-state index is 0.0427. The van der Waals surface area contributed by atoms with Crippen LogP contribution in [0.5, 0.6) is 5.75 Å². The summed E-state index contributed by atoms with van der Waals surface area (Å²) in [6, 6.07) is 15.4. The molecule has 0 spiro atoms. The molecule has 4 aromatic rings. The highest BCUT2D eigenvalue weighted by atomic mass is 79.9. The highest BCUT2D eigenvalue weighted by Crippen LogP contribution is 2.31. The Kier molecular flexibility index (Phi) is 8.09. The summed E-state index contributed by atoms with van der Waals surface area (Å²) in [6.45, 7) is 3.03. The first kappa shape index (κ1) is 26.4. The zero-order valence-electron chi connectivity index (χ0n) is 21.4.